The van der Waals surface area contributed by atoms with Gasteiger partial charge in [0.1, 0.15) is 4.34 Å². The Hall–Kier alpha value is -0.290. The van der Waals surface area contributed by atoms with Gasteiger partial charge in [-0.2, -0.15) is 0 Å². The molecule has 78 valence electrons. The lowest BCUT2D eigenvalue weighted by Gasteiger charge is -1.93. The highest BCUT2D eigenvalue weighted by molar-refractivity contribution is 9.10. The van der Waals surface area contributed by atoms with Gasteiger partial charge in [-0.15, -0.1) is 11.3 Å². The van der Waals surface area contributed by atoms with E-state index in [1.807, 2.05) is 0 Å². The summed E-state index contributed by atoms with van der Waals surface area (Å²) in [5, 5.41) is 0. The Balaban J connectivity index is 2.40. The van der Waals surface area contributed by atoms with Gasteiger partial charge in [-0.1, -0.05) is 23.2 Å². The Labute approximate surface area is 108 Å². The largest absolute Gasteiger partial charge is 0.446 e. The number of carbonyl (C=O) groups is 1. The molecule has 0 atom stereocenters. The van der Waals surface area contributed by atoms with Crippen LogP contribution in [0.1, 0.15) is 16.1 Å². The normalized spacial score (nSPS) is 10.6. The molecule has 2 aromatic rings. The molecule has 2 rings (SSSR count). The first kappa shape index (κ1) is 11.2. The van der Waals surface area contributed by atoms with Gasteiger partial charge in [-0.3, -0.25) is 4.79 Å². The van der Waals surface area contributed by atoms with E-state index in [1.165, 1.54) is 6.07 Å². The van der Waals surface area contributed by atoms with Crippen LogP contribution in [0.5, 0.6) is 0 Å². The molecule has 0 spiro atoms. The molecule has 0 aromatic carbocycles. The van der Waals surface area contributed by atoms with Crippen molar-refractivity contribution in [2.45, 2.75) is 0 Å². The highest BCUT2D eigenvalue weighted by Crippen LogP contribution is 2.33. The molecular formula is C9H3BrCl2O2S. The summed E-state index contributed by atoms with van der Waals surface area (Å²) >= 11 is 15.9. The first-order chi connectivity index (χ1) is 7.08. The third-order valence-electron chi connectivity index (χ3n) is 1.70. The summed E-state index contributed by atoms with van der Waals surface area (Å²) in [5.41, 5.74) is 0.369. The minimum atomic E-state index is -0.270. The molecule has 0 unspecified atom stereocenters. The molecule has 2 heterocycles. The molecule has 0 bridgehead atoms. The van der Waals surface area contributed by atoms with E-state index in [2.05, 4.69) is 15.9 Å². The molecule has 6 heteroatoms. The summed E-state index contributed by atoms with van der Waals surface area (Å²) in [6.07, 6.45) is 0. The van der Waals surface area contributed by atoms with Crippen LogP contribution >= 0.6 is 50.5 Å². The van der Waals surface area contributed by atoms with Crippen LogP contribution in [0.4, 0.5) is 0 Å². The molecule has 15 heavy (non-hydrogen) atoms. The maximum absolute atomic E-state index is 11.8. The fourth-order valence-corrected chi connectivity index (χ4v) is 2.83. The fourth-order valence-electron chi connectivity index (χ4n) is 1.06. The van der Waals surface area contributed by atoms with Gasteiger partial charge in [0, 0.05) is 0 Å². The molecule has 0 N–H and O–H groups in total. The van der Waals surface area contributed by atoms with Crippen LogP contribution in [-0.4, -0.2) is 5.78 Å². The van der Waals surface area contributed by atoms with Crippen LogP contribution in [0.25, 0.3) is 0 Å². The minimum absolute atomic E-state index is 0.234. The Kier molecular flexibility index (Phi) is 3.21. The van der Waals surface area contributed by atoms with Crippen molar-refractivity contribution in [1.29, 1.82) is 0 Å². The van der Waals surface area contributed by atoms with Gasteiger partial charge in [0.25, 0.3) is 0 Å². The quantitative estimate of drug-likeness (QED) is 0.753. The van der Waals surface area contributed by atoms with Crippen LogP contribution < -0.4 is 0 Å². The van der Waals surface area contributed by atoms with Crippen molar-refractivity contribution in [3.05, 3.63) is 42.9 Å². The Morgan fingerprint density at radius 2 is 2.13 bits per heavy atom. The van der Waals surface area contributed by atoms with Crippen molar-refractivity contribution in [3.63, 3.8) is 0 Å². The van der Waals surface area contributed by atoms with Crippen molar-refractivity contribution in [2.75, 3.05) is 0 Å². The van der Waals surface area contributed by atoms with Crippen LogP contribution in [0.3, 0.4) is 0 Å². The number of carbonyl (C=O) groups excluding carboxylic acids is 1. The van der Waals surface area contributed by atoms with E-state index in [0.717, 1.165) is 11.3 Å². The number of hydrogen-bond donors (Lipinski definition) is 0. The van der Waals surface area contributed by atoms with E-state index in [1.54, 1.807) is 12.1 Å². The average Bonchev–Trinajstić information content (AvgIpc) is 2.71. The van der Waals surface area contributed by atoms with Gasteiger partial charge in [-0.25, -0.2) is 0 Å². The zero-order chi connectivity index (χ0) is 11.0. The number of rotatable bonds is 2. The summed E-state index contributed by atoms with van der Waals surface area (Å²) in [5.74, 6) is -0.0351. The van der Waals surface area contributed by atoms with E-state index in [9.17, 15) is 4.79 Å². The van der Waals surface area contributed by atoms with E-state index in [0.29, 0.717) is 18.9 Å². The Bertz CT molecular complexity index is 518. The first-order valence-electron chi connectivity index (χ1n) is 3.83. The lowest BCUT2D eigenvalue weighted by Crippen LogP contribution is -1.97. The van der Waals surface area contributed by atoms with E-state index >= 15 is 0 Å². The van der Waals surface area contributed by atoms with Gasteiger partial charge >= 0.3 is 0 Å². The summed E-state index contributed by atoms with van der Waals surface area (Å²) in [7, 11) is 0. The zero-order valence-corrected chi connectivity index (χ0v) is 11.0. The van der Waals surface area contributed by atoms with Gasteiger partial charge < -0.3 is 4.42 Å². The number of ketones is 1. The van der Waals surface area contributed by atoms with Crippen molar-refractivity contribution >= 4 is 56.3 Å². The molecule has 0 aliphatic rings. The molecule has 0 radical (unpaired) electrons. The second kappa shape index (κ2) is 4.29. The number of furan rings is 1. The standard InChI is InChI=1S/C9H3BrCl2O2S/c10-6-2-1-5(14-6)8(13)4-3-7(11)15-9(4)12/h1-3H. The molecular weight excluding hydrogens is 323 g/mol. The third kappa shape index (κ3) is 2.28. The van der Waals surface area contributed by atoms with Crippen molar-refractivity contribution in [1.82, 2.24) is 0 Å². The van der Waals surface area contributed by atoms with E-state index in [4.69, 9.17) is 27.6 Å². The molecule has 2 aromatic heterocycles. The lowest BCUT2D eigenvalue weighted by atomic mass is 10.2. The second-order valence-electron chi connectivity index (χ2n) is 2.67. The van der Waals surface area contributed by atoms with Crippen LogP contribution in [-0.2, 0) is 0 Å². The van der Waals surface area contributed by atoms with E-state index < -0.39 is 0 Å². The molecule has 0 saturated heterocycles. The molecule has 0 saturated carbocycles. The van der Waals surface area contributed by atoms with Gasteiger partial charge in [0.15, 0.2) is 10.4 Å². The Morgan fingerprint density at radius 1 is 1.40 bits per heavy atom. The van der Waals surface area contributed by atoms with Crippen LogP contribution in [0, 0.1) is 0 Å². The van der Waals surface area contributed by atoms with Gasteiger partial charge in [0.2, 0.25) is 5.78 Å². The third-order valence-corrected chi connectivity index (χ3v) is 3.61. The monoisotopic (exact) mass is 324 g/mol. The molecule has 2 nitrogen and oxygen atoms in total. The smallest absolute Gasteiger partial charge is 0.230 e. The van der Waals surface area contributed by atoms with Gasteiger partial charge in [-0.05, 0) is 34.1 Å². The fraction of sp³-hybridized carbons (Fsp3) is 0. The highest BCUT2D eigenvalue weighted by Gasteiger charge is 2.18. The molecule has 0 aliphatic heterocycles. The van der Waals surface area contributed by atoms with Crippen LogP contribution in [0.15, 0.2) is 27.3 Å². The van der Waals surface area contributed by atoms with Crippen molar-refractivity contribution in [3.8, 4) is 0 Å². The predicted molar refractivity (Wildman–Crippen MR) is 64.2 cm³/mol. The number of halogens is 3. The summed E-state index contributed by atoms with van der Waals surface area (Å²) in [6.45, 7) is 0. The topological polar surface area (TPSA) is 30.2 Å². The molecule has 0 fully saturated rings. The Morgan fingerprint density at radius 3 is 2.60 bits per heavy atom. The maximum atomic E-state index is 11.8. The van der Waals surface area contributed by atoms with Crippen LogP contribution in [0.2, 0.25) is 8.67 Å². The summed E-state index contributed by atoms with van der Waals surface area (Å²) in [6, 6.07) is 4.76. The summed E-state index contributed by atoms with van der Waals surface area (Å²) < 4.78 is 6.49. The minimum Gasteiger partial charge on any atom is -0.446 e. The second-order valence-corrected chi connectivity index (χ2v) is 5.74. The molecule has 0 aliphatic carbocycles. The predicted octanol–water partition coefficient (Wildman–Crippen LogP) is 4.64. The summed E-state index contributed by atoms with van der Waals surface area (Å²) in [4.78, 5) is 11.8. The van der Waals surface area contributed by atoms with Gasteiger partial charge in [0.05, 0.1) is 9.90 Å². The molecule has 0 amide bonds. The number of hydrogen-bond acceptors (Lipinski definition) is 3. The van der Waals surface area contributed by atoms with E-state index in [-0.39, 0.29) is 11.5 Å². The average molecular weight is 326 g/mol. The lowest BCUT2D eigenvalue weighted by molar-refractivity contribution is 0.101. The van der Waals surface area contributed by atoms with Crippen molar-refractivity contribution in [2.24, 2.45) is 0 Å². The number of thiophene rings is 1. The SMILES string of the molecule is O=C(c1ccc(Br)o1)c1cc(Cl)sc1Cl. The highest BCUT2D eigenvalue weighted by atomic mass is 79.9. The zero-order valence-electron chi connectivity index (χ0n) is 7.09. The van der Waals surface area contributed by atoms with Crippen molar-refractivity contribution < 1.29 is 9.21 Å². The maximum Gasteiger partial charge on any atom is 0.230 e. The first-order valence-corrected chi connectivity index (χ1v) is 6.19.